The van der Waals surface area contributed by atoms with Crippen LogP contribution >= 0.6 is 0 Å². The zero-order chi connectivity index (χ0) is 70.0. The Morgan fingerprint density at radius 3 is 1.41 bits per heavy atom. The molecule has 0 radical (unpaired) electrons. The van der Waals surface area contributed by atoms with Gasteiger partial charge in [0.1, 0.15) is 5.58 Å². The van der Waals surface area contributed by atoms with Crippen molar-refractivity contribution in [2.24, 2.45) is 0 Å². The van der Waals surface area contributed by atoms with Gasteiger partial charge in [0, 0.05) is 46.5 Å². The number of nitriles is 1. The van der Waals surface area contributed by atoms with Crippen molar-refractivity contribution < 1.29 is 33.3 Å². The fourth-order valence-corrected chi connectivity index (χ4v) is 13.6. The zero-order valence-electron chi connectivity index (χ0n) is 59.0. The number of hydrogen-bond acceptors (Lipinski definition) is 5. The fraction of sp³-hybridized carbons (Fsp3) is 0.200. The predicted molar refractivity (Wildman–Crippen MR) is 406 cm³/mol. The molecule has 101 heavy (non-hydrogen) atoms. The van der Waals surface area contributed by atoms with E-state index in [-0.39, 0.29) is 43.6 Å². The number of para-hydroxylation sites is 6. The molecule has 0 aliphatic carbocycles. The smallest absolute Gasteiger partial charge is 0.500 e. The third-order valence-corrected chi connectivity index (χ3v) is 18.7. The molecule has 11 aromatic carbocycles. The number of aromatic nitrogens is 6. The Kier molecular flexibility index (Phi) is 20.9. The van der Waals surface area contributed by atoms with Crippen LogP contribution in [0, 0.1) is 41.2 Å². The van der Waals surface area contributed by atoms with E-state index in [9.17, 15) is 14.0 Å². The second-order valence-electron chi connectivity index (χ2n) is 27.4. The van der Waals surface area contributed by atoms with Crippen LogP contribution in [0.4, 0.5) is 8.78 Å². The number of fused-ring (bicyclic) bond motifs is 5. The minimum atomic E-state index is -0.295. The van der Waals surface area contributed by atoms with Crippen LogP contribution in [0.3, 0.4) is 0 Å². The van der Waals surface area contributed by atoms with Gasteiger partial charge in [-0.05, 0) is 140 Å². The Labute approximate surface area is 605 Å². The standard InChI is InChI=1S/C44H34N3O.C25H24FN2.C21H22FN2.Ir/c1-27(2)37-24-33(32-20-18-31(19-21-32)30-11-6-5-7-12-30)25-38(28(3)4)42(37)47-40-16-9-8-15-39(40)46-44(47)36-14-10-13-35-34-22-17-29(26-45)23-41(34)48-43(35)36;1-16(2)20-8-7-9-21(17(3)4)24(20)28-23-11-6-5-10-22(23)27-25(28)18-12-14-19(26)15-13-18;1-14(2)18-6-5-7-19(15(3)4)20(18)24-13-12-23-21(24)16-8-10-17(22)11-9-16;/h5-13,15-25,27-28H,1-4H3;5-12,14-17H,1-4H3;5-8,10-15H,1-4H3;/q3*-1;+3. The molecule has 0 saturated carbocycles. The van der Waals surface area contributed by atoms with E-state index < -0.39 is 0 Å². The van der Waals surface area contributed by atoms with Crippen LogP contribution in [0.15, 0.2) is 235 Å². The Hall–Kier alpha value is -10.6. The summed E-state index contributed by atoms with van der Waals surface area (Å²) in [7, 11) is 0. The maximum atomic E-state index is 13.5. The number of furan rings is 1. The van der Waals surface area contributed by atoms with E-state index in [4.69, 9.17) is 14.4 Å². The first kappa shape index (κ1) is 70.2. The van der Waals surface area contributed by atoms with E-state index in [1.54, 1.807) is 24.4 Å². The molecule has 0 N–H and O–H groups in total. The van der Waals surface area contributed by atoms with Crippen molar-refractivity contribution in [1.29, 1.82) is 5.26 Å². The average Bonchev–Trinajstić information content (AvgIpc) is 1.62. The van der Waals surface area contributed by atoms with Gasteiger partial charge in [0.05, 0.1) is 56.8 Å². The van der Waals surface area contributed by atoms with Crippen molar-refractivity contribution in [2.75, 3.05) is 0 Å². The molecule has 0 unspecified atom stereocenters. The summed E-state index contributed by atoms with van der Waals surface area (Å²) in [5.74, 6) is 3.76. The van der Waals surface area contributed by atoms with Crippen LogP contribution in [0.25, 0.3) is 117 Å². The summed E-state index contributed by atoms with van der Waals surface area (Å²) in [6.45, 7) is 26.7. The molecule has 4 heterocycles. The van der Waals surface area contributed by atoms with Crippen molar-refractivity contribution in [3.63, 3.8) is 0 Å². The van der Waals surface area contributed by atoms with Crippen molar-refractivity contribution >= 4 is 44.0 Å². The third-order valence-electron chi connectivity index (χ3n) is 18.7. The first-order valence-electron chi connectivity index (χ1n) is 34.6. The van der Waals surface area contributed by atoms with Gasteiger partial charge < -0.3 is 18.1 Å². The number of halogens is 2. The zero-order valence-corrected chi connectivity index (χ0v) is 61.4. The third kappa shape index (κ3) is 14.0. The van der Waals surface area contributed by atoms with E-state index in [0.717, 1.165) is 72.7 Å². The van der Waals surface area contributed by atoms with Gasteiger partial charge in [-0.3, -0.25) is 23.7 Å². The summed E-state index contributed by atoms with van der Waals surface area (Å²) in [5.41, 5.74) is 24.2. The van der Waals surface area contributed by atoms with E-state index >= 15 is 0 Å². The quantitative estimate of drug-likeness (QED) is 0.101. The van der Waals surface area contributed by atoms with Crippen LogP contribution < -0.4 is 0 Å². The Bertz CT molecular complexity index is 5390. The minimum Gasteiger partial charge on any atom is -0.500 e. The topological polar surface area (TPSA) is 90.4 Å². The molecular weight excluding hydrogens is 1430 g/mol. The summed E-state index contributed by atoms with van der Waals surface area (Å²) in [4.78, 5) is 14.7. The van der Waals surface area contributed by atoms with Gasteiger partial charge in [-0.15, -0.1) is 77.9 Å². The van der Waals surface area contributed by atoms with E-state index in [1.807, 2.05) is 54.7 Å². The van der Waals surface area contributed by atoms with E-state index in [2.05, 4.69) is 253 Å². The molecule has 0 bridgehead atoms. The molecule has 8 nitrogen and oxygen atoms in total. The van der Waals surface area contributed by atoms with Gasteiger partial charge >= 0.3 is 20.1 Å². The number of rotatable bonds is 14. The molecule has 0 atom stereocenters. The van der Waals surface area contributed by atoms with Crippen LogP contribution in [-0.2, 0) is 20.1 Å². The molecule has 11 heteroatoms. The molecular formula is C90H80F2IrN7O. The summed E-state index contributed by atoms with van der Waals surface area (Å²) in [5, 5.41) is 11.5. The van der Waals surface area contributed by atoms with Crippen molar-refractivity contribution in [2.45, 2.75) is 119 Å². The van der Waals surface area contributed by atoms with Crippen molar-refractivity contribution in [3.05, 3.63) is 300 Å². The normalized spacial score (nSPS) is 11.5. The first-order valence-corrected chi connectivity index (χ1v) is 34.6. The van der Waals surface area contributed by atoms with Crippen molar-refractivity contribution in [1.82, 2.24) is 28.7 Å². The maximum absolute atomic E-state index is 13.5. The minimum absolute atomic E-state index is 0. The molecule has 0 aliphatic rings. The average molecular weight is 1510 g/mol. The molecule has 0 saturated heterocycles. The summed E-state index contributed by atoms with van der Waals surface area (Å²) in [6.07, 6.45) is 3.76. The first-order chi connectivity index (χ1) is 48.4. The van der Waals surface area contributed by atoms with Crippen LogP contribution in [-0.4, -0.2) is 28.7 Å². The molecule has 0 amide bonds. The van der Waals surface area contributed by atoms with Crippen LogP contribution in [0.2, 0.25) is 0 Å². The van der Waals surface area contributed by atoms with E-state index in [1.165, 1.54) is 91.3 Å². The molecule has 0 spiro atoms. The Morgan fingerprint density at radius 2 is 0.891 bits per heavy atom. The maximum Gasteiger partial charge on any atom is 3.00 e. The molecule has 0 fully saturated rings. The summed E-state index contributed by atoms with van der Waals surface area (Å²) < 4.78 is 39.9. The largest absolute Gasteiger partial charge is 3.00 e. The van der Waals surface area contributed by atoms with Crippen LogP contribution in [0.5, 0.6) is 0 Å². The number of benzene rings is 11. The monoisotopic (exact) mass is 1510 g/mol. The van der Waals surface area contributed by atoms with Gasteiger partial charge in [0.25, 0.3) is 0 Å². The second-order valence-corrected chi connectivity index (χ2v) is 27.4. The molecule has 0 aliphatic heterocycles. The summed E-state index contributed by atoms with van der Waals surface area (Å²) >= 11 is 0. The predicted octanol–water partition coefficient (Wildman–Crippen LogP) is 24.4. The molecule has 15 rings (SSSR count). The SMILES string of the molecule is CC(C)c1cc(-c2ccc(-c3ccccc3)cc2)cc(C(C)C)c1-n1c(-c2[c-]ccc3c2oc2cc(C#N)ccc23)nc2ccccc21.CC(C)c1cccc(C(C)C)c1-n1c(-c2[c-]cc(F)cc2)nc2ccccc21.CC(C)c1cccc(C(C)C)c1-n1ccnc1-c1[c-]cc(F)cc1.[Ir+3]. The van der Waals surface area contributed by atoms with Gasteiger partial charge in [0.15, 0.2) is 0 Å². The van der Waals surface area contributed by atoms with Gasteiger partial charge in [-0.2, -0.15) is 5.26 Å². The van der Waals surface area contributed by atoms with Gasteiger partial charge in [-0.25, -0.2) is 0 Å². The van der Waals surface area contributed by atoms with E-state index in [0.29, 0.717) is 40.4 Å². The fourth-order valence-electron chi connectivity index (χ4n) is 13.6. The number of hydrogen-bond donors (Lipinski definition) is 0. The van der Waals surface area contributed by atoms with Crippen molar-refractivity contribution in [3.8, 4) is 79.5 Å². The molecule has 504 valence electrons. The number of imidazole rings is 3. The van der Waals surface area contributed by atoms with Crippen LogP contribution in [0.1, 0.15) is 158 Å². The molecule has 15 aromatic rings. The Morgan fingerprint density at radius 1 is 0.426 bits per heavy atom. The Balaban J connectivity index is 0.000000155. The van der Waals surface area contributed by atoms with Gasteiger partial charge in [-0.1, -0.05) is 215 Å². The molecule has 4 aromatic heterocycles. The van der Waals surface area contributed by atoms with Gasteiger partial charge in [0.2, 0.25) is 0 Å². The number of nitrogens with zero attached hydrogens (tertiary/aromatic N) is 7. The second kappa shape index (κ2) is 30.1. The summed E-state index contributed by atoms with van der Waals surface area (Å²) in [6, 6.07) is 84.1.